The summed E-state index contributed by atoms with van der Waals surface area (Å²) in [5, 5.41) is 9.60. The zero-order chi connectivity index (χ0) is 15.2. The van der Waals surface area contributed by atoms with Gasteiger partial charge >= 0.3 is 5.97 Å². The fraction of sp³-hybridized carbons (Fsp3) is 0.188. The molecule has 0 aliphatic rings. The van der Waals surface area contributed by atoms with Crippen molar-refractivity contribution < 1.29 is 24.1 Å². The van der Waals surface area contributed by atoms with Crippen LogP contribution < -0.4 is 9.47 Å². The first-order valence-electron chi connectivity index (χ1n) is 6.30. The van der Waals surface area contributed by atoms with Crippen LogP contribution in [0.5, 0.6) is 17.2 Å². The molecule has 0 unspecified atom stereocenters. The van der Waals surface area contributed by atoms with Gasteiger partial charge in [0.15, 0.2) is 0 Å². The lowest BCUT2D eigenvalue weighted by Gasteiger charge is -2.09. The Morgan fingerprint density at radius 2 is 1.76 bits per heavy atom. The third-order valence-corrected chi connectivity index (χ3v) is 2.88. The minimum atomic E-state index is -0.528. The maximum absolute atomic E-state index is 11.5. The molecule has 0 fully saturated rings. The number of rotatable bonds is 5. The Morgan fingerprint density at radius 3 is 2.38 bits per heavy atom. The molecule has 2 aromatic rings. The van der Waals surface area contributed by atoms with Gasteiger partial charge in [0, 0.05) is 6.07 Å². The van der Waals surface area contributed by atoms with Gasteiger partial charge in [-0.2, -0.15) is 0 Å². The Kier molecular flexibility index (Phi) is 4.66. The SMILES string of the molecule is COC(=O)c1cc(O)cc(OCc2ccc(OC)cc2)c1. The van der Waals surface area contributed by atoms with Gasteiger partial charge in [-0.25, -0.2) is 4.79 Å². The van der Waals surface area contributed by atoms with Crippen molar-refractivity contribution in [2.75, 3.05) is 14.2 Å². The molecule has 0 aliphatic heterocycles. The van der Waals surface area contributed by atoms with E-state index in [0.717, 1.165) is 11.3 Å². The monoisotopic (exact) mass is 288 g/mol. The normalized spacial score (nSPS) is 10.0. The number of aromatic hydroxyl groups is 1. The van der Waals surface area contributed by atoms with Crippen molar-refractivity contribution in [3.8, 4) is 17.2 Å². The lowest BCUT2D eigenvalue weighted by molar-refractivity contribution is 0.0599. The summed E-state index contributed by atoms with van der Waals surface area (Å²) in [5.74, 6) is 0.582. The molecule has 2 rings (SSSR count). The van der Waals surface area contributed by atoms with E-state index in [1.165, 1.54) is 25.3 Å². The van der Waals surface area contributed by atoms with Crippen LogP contribution in [-0.4, -0.2) is 25.3 Å². The molecule has 0 heterocycles. The number of hydrogen-bond donors (Lipinski definition) is 1. The van der Waals surface area contributed by atoms with Crippen molar-refractivity contribution in [2.45, 2.75) is 6.61 Å². The average Bonchev–Trinajstić information content (AvgIpc) is 2.52. The average molecular weight is 288 g/mol. The van der Waals surface area contributed by atoms with Gasteiger partial charge in [0.1, 0.15) is 23.9 Å². The molecule has 110 valence electrons. The molecule has 21 heavy (non-hydrogen) atoms. The van der Waals surface area contributed by atoms with E-state index in [2.05, 4.69) is 4.74 Å². The van der Waals surface area contributed by atoms with Crippen LogP contribution in [0.4, 0.5) is 0 Å². The number of benzene rings is 2. The third kappa shape index (κ3) is 3.89. The second-order valence-electron chi connectivity index (χ2n) is 4.34. The van der Waals surface area contributed by atoms with Crippen molar-refractivity contribution in [1.82, 2.24) is 0 Å². The molecule has 2 aromatic carbocycles. The zero-order valence-corrected chi connectivity index (χ0v) is 11.8. The Bertz CT molecular complexity index is 619. The maximum atomic E-state index is 11.5. The van der Waals surface area contributed by atoms with Crippen LogP contribution in [0.2, 0.25) is 0 Å². The van der Waals surface area contributed by atoms with Gasteiger partial charge in [-0.1, -0.05) is 12.1 Å². The van der Waals surface area contributed by atoms with Crippen LogP contribution >= 0.6 is 0 Å². The summed E-state index contributed by atoms with van der Waals surface area (Å²) >= 11 is 0. The smallest absolute Gasteiger partial charge is 0.338 e. The quantitative estimate of drug-likeness (QED) is 0.857. The predicted molar refractivity (Wildman–Crippen MR) is 76.8 cm³/mol. The molecule has 0 radical (unpaired) electrons. The summed E-state index contributed by atoms with van der Waals surface area (Å²) in [6.45, 7) is 0.314. The molecule has 0 spiro atoms. The van der Waals surface area contributed by atoms with E-state index >= 15 is 0 Å². The van der Waals surface area contributed by atoms with Gasteiger partial charge in [0.25, 0.3) is 0 Å². The Morgan fingerprint density at radius 1 is 1.05 bits per heavy atom. The van der Waals surface area contributed by atoms with E-state index in [9.17, 15) is 9.90 Å². The largest absolute Gasteiger partial charge is 0.508 e. The summed E-state index contributed by atoms with van der Waals surface area (Å²) in [6, 6.07) is 11.7. The van der Waals surface area contributed by atoms with Crippen LogP contribution in [-0.2, 0) is 11.3 Å². The fourth-order valence-corrected chi connectivity index (χ4v) is 1.79. The third-order valence-electron chi connectivity index (χ3n) is 2.88. The fourth-order valence-electron chi connectivity index (χ4n) is 1.79. The Labute approximate surface area is 122 Å². The predicted octanol–water partition coefficient (Wildman–Crippen LogP) is 2.77. The van der Waals surface area contributed by atoms with Crippen molar-refractivity contribution in [3.63, 3.8) is 0 Å². The molecule has 0 saturated heterocycles. The molecule has 1 N–H and O–H groups in total. The van der Waals surface area contributed by atoms with Crippen LogP contribution in [0.1, 0.15) is 15.9 Å². The van der Waals surface area contributed by atoms with Crippen molar-refractivity contribution in [1.29, 1.82) is 0 Å². The van der Waals surface area contributed by atoms with E-state index in [-0.39, 0.29) is 11.3 Å². The summed E-state index contributed by atoms with van der Waals surface area (Å²) in [6.07, 6.45) is 0. The molecule has 0 atom stereocenters. The zero-order valence-electron chi connectivity index (χ0n) is 11.8. The minimum absolute atomic E-state index is 0.0531. The minimum Gasteiger partial charge on any atom is -0.508 e. The lowest BCUT2D eigenvalue weighted by Crippen LogP contribution is -2.02. The van der Waals surface area contributed by atoms with Crippen molar-refractivity contribution in [2.24, 2.45) is 0 Å². The number of ether oxygens (including phenoxy) is 3. The number of carbonyl (C=O) groups is 1. The van der Waals surface area contributed by atoms with Gasteiger partial charge in [-0.05, 0) is 29.8 Å². The summed E-state index contributed by atoms with van der Waals surface area (Å²) < 4.78 is 15.3. The van der Waals surface area contributed by atoms with Crippen LogP contribution in [0.15, 0.2) is 42.5 Å². The van der Waals surface area contributed by atoms with E-state index in [0.29, 0.717) is 12.4 Å². The molecular weight excluding hydrogens is 272 g/mol. The van der Waals surface area contributed by atoms with E-state index in [1.807, 2.05) is 24.3 Å². The van der Waals surface area contributed by atoms with Gasteiger partial charge < -0.3 is 19.3 Å². The lowest BCUT2D eigenvalue weighted by atomic mass is 10.2. The topological polar surface area (TPSA) is 65.0 Å². The molecule has 5 heteroatoms. The van der Waals surface area contributed by atoms with Crippen molar-refractivity contribution >= 4 is 5.97 Å². The summed E-state index contributed by atoms with van der Waals surface area (Å²) in [4.78, 5) is 11.5. The highest BCUT2D eigenvalue weighted by Crippen LogP contribution is 2.23. The number of esters is 1. The second kappa shape index (κ2) is 6.65. The van der Waals surface area contributed by atoms with Gasteiger partial charge in [-0.15, -0.1) is 0 Å². The van der Waals surface area contributed by atoms with Gasteiger partial charge in [0.05, 0.1) is 19.8 Å². The highest BCUT2D eigenvalue weighted by atomic mass is 16.5. The molecule has 0 bridgehead atoms. The number of hydrogen-bond acceptors (Lipinski definition) is 5. The van der Waals surface area contributed by atoms with Crippen LogP contribution in [0, 0.1) is 0 Å². The Balaban J connectivity index is 2.08. The molecule has 0 amide bonds. The molecule has 5 nitrogen and oxygen atoms in total. The van der Waals surface area contributed by atoms with E-state index in [4.69, 9.17) is 9.47 Å². The standard InChI is InChI=1S/C16H16O5/c1-19-14-5-3-11(4-6-14)10-21-15-8-12(16(18)20-2)7-13(17)9-15/h3-9,17H,10H2,1-2H3. The van der Waals surface area contributed by atoms with Gasteiger partial charge in [-0.3, -0.25) is 0 Å². The number of carbonyl (C=O) groups excluding carboxylic acids is 1. The van der Waals surface area contributed by atoms with E-state index < -0.39 is 5.97 Å². The summed E-state index contributed by atoms with van der Waals surface area (Å²) in [7, 11) is 2.89. The van der Waals surface area contributed by atoms with Crippen molar-refractivity contribution in [3.05, 3.63) is 53.6 Å². The van der Waals surface area contributed by atoms with Crippen LogP contribution in [0.25, 0.3) is 0 Å². The van der Waals surface area contributed by atoms with Crippen LogP contribution in [0.3, 0.4) is 0 Å². The first-order chi connectivity index (χ1) is 10.1. The first-order valence-corrected chi connectivity index (χ1v) is 6.30. The Hall–Kier alpha value is -2.69. The van der Waals surface area contributed by atoms with Gasteiger partial charge in [0.2, 0.25) is 0 Å². The maximum Gasteiger partial charge on any atom is 0.338 e. The molecule has 0 saturated carbocycles. The highest BCUT2D eigenvalue weighted by molar-refractivity contribution is 5.90. The molecule has 0 aromatic heterocycles. The van der Waals surface area contributed by atoms with E-state index in [1.54, 1.807) is 7.11 Å². The molecule has 0 aliphatic carbocycles. The number of phenolic OH excluding ortho intramolecular Hbond substituents is 1. The molecular formula is C16H16O5. The first kappa shape index (κ1) is 14.7. The number of phenols is 1. The number of methoxy groups -OCH3 is 2. The summed E-state index contributed by atoms with van der Waals surface area (Å²) in [5.41, 5.74) is 1.18. The highest BCUT2D eigenvalue weighted by Gasteiger charge is 2.09. The second-order valence-corrected chi connectivity index (χ2v) is 4.34.